The number of rotatable bonds is 2. The molecule has 0 unspecified atom stereocenters. The van der Waals surface area contributed by atoms with Crippen LogP contribution in [-0.2, 0) is 0 Å². The van der Waals surface area contributed by atoms with Gasteiger partial charge in [-0.1, -0.05) is 6.92 Å². The van der Waals surface area contributed by atoms with Crippen molar-refractivity contribution in [3.63, 3.8) is 0 Å². The first-order valence-corrected chi connectivity index (χ1v) is 3.45. The Hall–Kier alpha value is -1.25. The summed E-state index contributed by atoms with van der Waals surface area (Å²) in [6.45, 7) is 1.70. The van der Waals surface area contributed by atoms with E-state index in [1.165, 1.54) is 18.3 Å². The lowest BCUT2D eigenvalue weighted by atomic mass is 10.2. The van der Waals surface area contributed by atoms with E-state index in [0.29, 0.717) is 11.2 Å². The first kappa shape index (κ1) is 7.85. The van der Waals surface area contributed by atoms with Gasteiger partial charge >= 0.3 is 0 Å². The molecule has 0 bridgehead atoms. The second-order valence-corrected chi connectivity index (χ2v) is 2.17. The molecule has 0 radical (unpaired) electrons. The van der Waals surface area contributed by atoms with Gasteiger partial charge in [-0.05, 0) is 6.07 Å². The van der Waals surface area contributed by atoms with Gasteiger partial charge in [-0.15, -0.1) is 0 Å². The van der Waals surface area contributed by atoms with E-state index in [4.69, 9.17) is 0 Å². The van der Waals surface area contributed by atoms with E-state index in [9.17, 15) is 9.28 Å². The zero-order valence-corrected chi connectivity index (χ0v) is 6.25. The number of halogens is 1. The first-order valence-electron chi connectivity index (χ1n) is 3.45. The van der Waals surface area contributed by atoms with Gasteiger partial charge in [0.25, 0.3) is 5.69 Å². The molecule has 58 valence electrons. The molecule has 0 aliphatic heterocycles. The van der Waals surface area contributed by atoms with Crippen molar-refractivity contribution < 1.29 is 14.1 Å². The van der Waals surface area contributed by atoms with Crippen molar-refractivity contribution in [2.75, 3.05) is 0 Å². The van der Waals surface area contributed by atoms with E-state index >= 15 is 0 Å². The summed E-state index contributed by atoms with van der Waals surface area (Å²) in [5, 5.41) is 0. The molecule has 1 rings (SSSR count). The van der Waals surface area contributed by atoms with Crippen LogP contribution in [0.5, 0.6) is 0 Å². The predicted octanol–water partition coefficient (Wildman–Crippen LogP) is 1.30. The lowest BCUT2D eigenvalue weighted by Crippen LogP contribution is -2.30. The average Bonchev–Trinajstić information content (AvgIpc) is 2.04. The number of ketones is 1. The molecule has 0 aromatic carbocycles. The zero-order valence-electron chi connectivity index (χ0n) is 6.25. The minimum atomic E-state index is -0.187. The van der Waals surface area contributed by atoms with Gasteiger partial charge in [-0.2, -0.15) is 0 Å². The summed E-state index contributed by atoms with van der Waals surface area (Å²) in [5.41, 5.74) is 0.106. The van der Waals surface area contributed by atoms with Crippen LogP contribution in [0.4, 0.5) is 4.48 Å². The molecule has 3 heteroatoms. The molecule has 0 aliphatic carbocycles. The van der Waals surface area contributed by atoms with Crippen molar-refractivity contribution in [1.29, 1.82) is 0 Å². The molecular formula is C8H9FNO+. The van der Waals surface area contributed by atoms with Crippen LogP contribution in [0.25, 0.3) is 0 Å². The van der Waals surface area contributed by atoms with Gasteiger partial charge in [0.05, 0.1) is 4.48 Å². The Morgan fingerprint density at radius 3 is 2.91 bits per heavy atom. The number of carbonyl (C=O) groups excluding carboxylic acids is 1. The largest absolute Gasteiger partial charge is 0.296 e. The smallest absolute Gasteiger partial charge is 0.287 e. The maximum atomic E-state index is 12.7. The van der Waals surface area contributed by atoms with E-state index in [1.54, 1.807) is 13.0 Å². The summed E-state index contributed by atoms with van der Waals surface area (Å²) in [4.78, 5) is 11.3. The second kappa shape index (κ2) is 3.23. The Bertz CT molecular complexity index is 273. The SMILES string of the molecule is CCC(=O)c1cccc[n+]1F. The van der Waals surface area contributed by atoms with Gasteiger partial charge in [0.2, 0.25) is 12.0 Å². The molecule has 0 saturated carbocycles. The maximum absolute atomic E-state index is 12.7. The number of carbonyl (C=O) groups is 1. The number of Topliss-reactive ketones (excluding diaryl/α,β-unsaturated/α-hetero) is 1. The molecule has 0 N–H and O–H groups in total. The average molecular weight is 154 g/mol. The van der Waals surface area contributed by atoms with E-state index in [2.05, 4.69) is 0 Å². The van der Waals surface area contributed by atoms with Crippen molar-refractivity contribution in [3.8, 4) is 0 Å². The van der Waals surface area contributed by atoms with Crippen LogP contribution in [-0.4, -0.2) is 5.78 Å². The number of hydrogen-bond acceptors (Lipinski definition) is 1. The lowest BCUT2D eigenvalue weighted by Gasteiger charge is -1.88. The summed E-state index contributed by atoms with van der Waals surface area (Å²) in [7, 11) is 0. The van der Waals surface area contributed by atoms with Crippen LogP contribution in [0, 0.1) is 0 Å². The number of nitrogens with zero attached hydrogens (tertiary/aromatic N) is 1. The van der Waals surface area contributed by atoms with E-state index in [0.717, 1.165) is 0 Å². The summed E-state index contributed by atoms with van der Waals surface area (Å²) < 4.78 is 12.7. The van der Waals surface area contributed by atoms with Crippen molar-refractivity contribution in [2.45, 2.75) is 13.3 Å². The molecule has 0 amide bonds. The van der Waals surface area contributed by atoms with Crippen LogP contribution in [0.3, 0.4) is 0 Å². The molecule has 0 aliphatic rings. The minimum absolute atomic E-state index is 0.106. The molecular weight excluding hydrogens is 145 g/mol. The Kier molecular flexibility index (Phi) is 2.31. The van der Waals surface area contributed by atoms with Crippen LogP contribution in [0.15, 0.2) is 24.4 Å². The maximum Gasteiger partial charge on any atom is 0.296 e. The lowest BCUT2D eigenvalue weighted by molar-refractivity contribution is -0.845. The Balaban J connectivity index is 3.03. The fraction of sp³-hybridized carbons (Fsp3) is 0.250. The fourth-order valence-corrected chi connectivity index (χ4v) is 0.817. The highest BCUT2D eigenvalue weighted by Gasteiger charge is 2.16. The van der Waals surface area contributed by atoms with Crippen LogP contribution in [0.2, 0.25) is 0 Å². The molecule has 0 spiro atoms. The minimum Gasteiger partial charge on any atom is -0.287 e. The van der Waals surface area contributed by atoms with Crippen LogP contribution >= 0.6 is 0 Å². The number of aromatic nitrogens is 1. The standard InChI is InChI=1S/C8H9FNO/c1-2-8(11)7-5-3-4-6-10(7)9/h3-6H,2H2,1H3/q+1. The molecule has 1 aromatic rings. The summed E-state index contributed by atoms with van der Waals surface area (Å²) >= 11 is 0. The van der Waals surface area contributed by atoms with Gasteiger partial charge < -0.3 is 0 Å². The third kappa shape index (κ3) is 1.61. The number of pyridine rings is 1. The molecule has 0 fully saturated rings. The normalized spacial score (nSPS) is 9.64. The van der Waals surface area contributed by atoms with Gasteiger partial charge in [-0.25, -0.2) is 0 Å². The van der Waals surface area contributed by atoms with Crippen LogP contribution < -0.4 is 4.79 Å². The van der Waals surface area contributed by atoms with E-state index < -0.39 is 0 Å². The van der Waals surface area contributed by atoms with Gasteiger partial charge in [0, 0.05) is 23.3 Å². The highest BCUT2D eigenvalue weighted by atomic mass is 19.2. The number of hydrogen-bond donors (Lipinski definition) is 0. The molecule has 2 nitrogen and oxygen atoms in total. The van der Waals surface area contributed by atoms with Crippen LogP contribution in [0.1, 0.15) is 23.8 Å². The summed E-state index contributed by atoms with van der Waals surface area (Å²) in [6.07, 6.45) is 1.54. The highest BCUT2D eigenvalue weighted by Crippen LogP contribution is 1.95. The fourth-order valence-electron chi connectivity index (χ4n) is 0.817. The third-order valence-corrected chi connectivity index (χ3v) is 1.42. The topological polar surface area (TPSA) is 20.9 Å². The quantitative estimate of drug-likeness (QED) is 0.588. The van der Waals surface area contributed by atoms with Crippen molar-refractivity contribution in [1.82, 2.24) is 0 Å². The predicted molar refractivity (Wildman–Crippen MR) is 37.8 cm³/mol. The first-order chi connectivity index (χ1) is 5.25. The Labute approximate surface area is 64.2 Å². The molecule has 0 atom stereocenters. The second-order valence-electron chi connectivity index (χ2n) is 2.17. The molecule has 0 saturated heterocycles. The highest BCUT2D eigenvalue weighted by molar-refractivity contribution is 5.92. The summed E-state index contributed by atoms with van der Waals surface area (Å²) in [6, 6.07) is 4.64. The van der Waals surface area contributed by atoms with E-state index in [-0.39, 0.29) is 11.5 Å². The van der Waals surface area contributed by atoms with Gasteiger partial charge in [0.15, 0.2) is 0 Å². The third-order valence-electron chi connectivity index (χ3n) is 1.42. The van der Waals surface area contributed by atoms with E-state index in [1.807, 2.05) is 0 Å². The van der Waals surface area contributed by atoms with Gasteiger partial charge in [0.1, 0.15) is 0 Å². The van der Waals surface area contributed by atoms with Crippen molar-refractivity contribution >= 4 is 5.78 Å². The monoisotopic (exact) mass is 154 g/mol. The summed E-state index contributed by atoms with van der Waals surface area (Å²) in [5.74, 6) is -0.187. The van der Waals surface area contributed by atoms with Gasteiger partial charge in [-0.3, -0.25) is 4.79 Å². The molecule has 1 aromatic heterocycles. The van der Waals surface area contributed by atoms with Crippen molar-refractivity contribution in [3.05, 3.63) is 30.1 Å². The zero-order chi connectivity index (χ0) is 8.27. The Morgan fingerprint density at radius 1 is 1.64 bits per heavy atom. The Morgan fingerprint density at radius 2 is 2.36 bits per heavy atom. The van der Waals surface area contributed by atoms with Crippen molar-refractivity contribution in [2.24, 2.45) is 0 Å². The molecule has 1 heterocycles. The molecule has 11 heavy (non-hydrogen) atoms.